The zero-order valence-electron chi connectivity index (χ0n) is 19.4. The van der Waals surface area contributed by atoms with Crippen LogP contribution in [0.25, 0.3) is 5.70 Å². The predicted octanol–water partition coefficient (Wildman–Crippen LogP) is 5.54. The average molecular weight is 470 g/mol. The van der Waals surface area contributed by atoms with Gasteiger partial charge in [0.05, 0.1) is 23.8 Å². The van der Waals surface area contributed by atoms with Crippen LogP contribution in [0.4, 0.5) is 4.39 Å². The van der Waals surface area contributed by atoms with Crippen molar-refractivity contribution in [3.8, 4) is 5.75 Å². The molecule has 1 atom stereocenters. The topological polar surface area (TPSA) is 64.6 Å². The maximum Gasteiger partial charge on any atom is 0.336 e. The largest absolute Gasteiger partial charge is 0.489 e. The third-order valence-electron chi connectivity index (χ3n) is 6.26. The van der Waals surface area contributed by atoms with Crippen molar-refractivity contribution in [2.75, 3.05) is 6.61 Å². The molecule has 2 aliphatic rings. The Morgan fingerprint density at radius 2 is 1.74 bits per heavy atom. The molecule has 1 aliphatic heterocycles. The summed E-state index contributed by atoms with van der Waals surface area (Å²) in [5.74, 6) is -1.15. The van der Waals surface area contributed by atoms with Crippen LogP contribution in [-0.2, 0) is 16.1 Å². The van der Waals surface area contributed by atoms with Gasteiger partial charge in [0, 0.05) is 28.0 Å². The number of hydrogen-bond donors (Lipinski definition) is 1. The van der Waals surface area contributed by atoms with Crippen LogP contribution in [0.3, 0.4) is 0 Å². The van der Waals surface area contributed by atoms with E-state index in [0.29, 0.717) is 45.0 Å². The van der Waals surface area contributed by atoms with Crippen molar-refractivity contribution in [2.24, 2.45) is 0 Å². The van der Waals surface area contributed by atoms with E-state index in [2.05, 4.69) is 5.32 Å². The van der Waals surface area contributed by atoms with Crippen molar-refractivity contribution in [1.29, 1.82) is 0 Å². The van der Waals surface area contributed by atoms with Gasteiger partial charge in [0.15, 0.2) is 5.78 Å². The summed E-state index contributed by atoms with van der Waals surface area (Å²) in [4.78, 5) is 26.8. The number of esters is 1. The van der Waals surface area contributed by atoms with Gasteiger partial charge in [0.25, 0.3) is 0 Å². The zero-order chi connectivity index (χ0) is 24.5. The Morgan fingerprint density at radius 3 is 2.51 bits per heavy atom. The Morgan fingerprint density at radius 1 is 1.00 bits per heavy atom. The highest BCUT2D eigenvalue weighted by atomic mass is 19.1. The lowest BCUT2D eigenvalue weighted by Gasteiger charge is -2.30. The average Bonchev–Trinajstić information content (AvgIpc) is 3.14. The number of fused-ring (bicyclic) bond motifs is 2. The number of carbonyl (C=O) groups excluding carboxylic acids is 2. The van der Waals surface area contributed by atoms with Gasteiger partial charge < -0.3 is 14.8 Å². The van der Waals surface area contributed by atoms with Crippen LogP contribution in [0, 0.1) is 5.82 Å². The minimum Gasteiger partial charge on any atom is -0.489 e. The standard InChI is InChI=1S/C29H24FNO4/c1-3-34-29(33)24-17(2)31-27-20-11-4-5-12-21(20)28(32)26(27)25(24)22-13-6-7-14-23(22)35-16-18-9-8-10-19(30)15-18/h4-15,25,31H,3,16H2,1-2H3/t25-/m1/s1. The molecule has 3 aromatic rings. The van der Waals surface area contributed by atoms with E-state index < -0.39 is 11.9 Å². The number of benzene rings is 3. The van der Waals surface area contributed by atoms with Crippen molar-refractivity contribution in [1.82, 2.24) is 5.32 Å². The number of ketones is 1. The van der Waals surface area contributed by atoms with Crippen molar-refractivity contribution >= 4 is 17.4 Å². The molecule has 5 rings (SSSR count). The first-order valence-electron chi connectivity index (χ1n) is 11.5. The lowest BCUT2D eigenvalue weighted by atomic mass is 9.79. The van der Waals surface area contributed by atoms with E-state index in [4.69, 9.17) is 9.47 Å². The molecule has 0 fully saturated rings. The molecule has 0 spiro atoms. The molecule has 0 amide bonds. The van der Waals surface area contributed by atoms with Gasteiger partial charge >= 0.3 is 5.97 Å². The molecule has 35 heavy (non-hydrogen) atoms. The summed E-state index contributed by atoms with van der Waals surface area (Å²) in [6, 6.07) is 20.9. The number of Topliss-reactive ketones (excluding diaryl/α,β-unsaturated/α-hetero) is 1. The van der Waals surface area contributed by atoms with Gasteiger partial charge in [-0.25, -0.2) is 9.18 Å². The van der Waals surface area contributed by atoms with Gasteiger partial charge in [-0.3, -0.25) is 4.79 Å². The molecule has 0 saturated carbocycles. The first-order valence-corrected chi connectivity index (χ1v) is 11.5. The second-order valence-corrected chi connectivity index (χ2v) is 8.44. The first kappa shape index (κ1) is 22.6. The molecule has 1 heterocycles. The highest BCUT2D eigenvalue weighted by Gasteiger charge is 2.43. The number of hydrogen-bond acceptors (Lipinski definition) is 5. The Balaban J connectivity index is 1.62. The monoisotopic (exact) mass is 469 g/mol. The fourth-order valence-corrected chi connectivity index (χ4v) is 4.76. The minimum atomic E-state index is -0.686. The Labute approximate surface area is 202 Å². The van der Waals surface area contributed by atoms with Gasteiger partial charge in [-0.1, -0.05) is 54.6 Å². The van der Waals surface area contributed by atoms with Crippen molar-refractivity contribution in [2.45, 2.75) is 26.4 Å². The molecular formula is C29H24FNO4. The fraction of sp³-hybridized carbons (Fsp3) is 0.172. The number of allylic oxidation sites excluding steroid dienone is 2. The van der Waals surface area contributed by atoms with Gasteiger partial charge in [0.2, 0.25) is 0 Å². The highest BCUT2D eigenvalue weighted by Crippen LogP contribution is 2.48. The number of para-hydroxylation sites is 1. The van der Waals surface area contributed by atoms with E-state index in [-0.39, 0.29) is 24.8 Å². The van der Waals surface area contributed by atoms with E-state index in [1.807, 2.05) is 43.3 Å². The van der Waals surface area contributed by atoms with Gasteiger partial charge in [-0.05, 0) is 37.6 Å². The molecule has 0 radical (unpaired) electrons. The Kier molecular flexibility index (Phi) is 5.95. The fourth-order valence-electron chi connectivity index (χ4n) is 4.76. The van der Waals surface area contributed by atoms with Crippen LogP contribution in [0.2, 0.25) is 0 Å². The summed E-state index contributed by atoms with van der Waals surface area (Å²) < 4.78 is 25.2. The van der Waals surface area contributed by atoms with Gasteiger partial charge in [-0.15, -0.1) is 0 Å². The number of carbonyl (C=O) groups is 2. The summed E-state index contributed by atoms with van der Waals surface area (Å²) in [7, 11) is 0. The van der Waals surface area contributed by atoms with Crippen LogP contribution in [0.5, 0.6) is 5.75 Å². The number of nitrogens with one attached hydrogen (secondary N) is 1. The summed E-state index contributed by atoms with van der Waals surface area (Å²) in [6.45, 7) is 3.90. The number of halogens is 1. The molecule has 0 unspecified atom stereocenters. The second kappa shape index (κ2) is 9.22. The van der Waals surface area contributed by atoms with E-state index in [9.17, 15) is 14.0 Å². The summed E-state index contributed by atoms with van der Waals surface area (Å²) in [5.41, 5.74) is 4.91. The van der Waals surface area contributed by atoms with Crippen molar-refractivity contribution in [3.63, 3.8) is 0 Å². The third kappa shape index (κ3) is 4.01. The highest BCUT2D eigenvalue weighted by molar-refractivity contribution is 6.23. The molecular weight excluding hydrogens is 445 g/mol. The second-order valence-electron chi connectivity index (χ2n) is 8.44. The SMILES string of the molecule is CCOC(=O)C1=C(C)NC2=C(C(=O)c3ccccc32)[C@@H]1c1ccccc1OCc1cccc(F)c1. The van der Waals surface area contributed by atoms with Crippen LogP contribution in [-0.4, -0.2) is 18.4 Å². The van der Waals surface area contributed by atoms with Crippen LogP contribution < -0.4 is 10.1 Å². The molecule has 3 aromatic carbocycles. The smallest absolute Gasteiger partial charge is 0.336 e. The van der Waals surface area contributed by atoms with E-state index in [0.717, 1.165) is 5.56 Å². The Bertz CT molecular complexity index is 1410. The van der Waals surface area contributed by atoms with Gasteiger partial charge in [-0.2, -0.15) is 0 Å². The van der Waals surface area contributed by atoms with E-state index >= 15 is 0 Å². The van der Waals surface area contributed by atoms with Crippen LogP contribution in [0.15, 0.2) is 89.6 Å². The first-order chi connectivity index (χ1) is 17.0. The van der Waals surface area contributed by atoms with Crippen LogP contribution >= 0.6 is 0 Å². The summed E-state index contributed by atoms with van der Waals surface area (Å²) in [6.07, 6.45) is 0. The minimum absolute atomic E-state index is 0.136. The van der Waals surface area contributed by atoms with Crippen molar-refractivity contribution < 1.29 is 23.5 Å². The summed E-state index contributed by atoms with van der Waals surface area (Å²) >= 11 is 0. The molecule has 5 nitrogen and oxygen atoms in total. The number of ether oxygens (including phenoxy) is 2. The van der Waals surface area contributed by atoms with Crippen LogP contribution in [0.1, 0.15) is 46.8 Å². The van der Waals surface area contributed by atoms with E-state index in [1.165, 1.54) is 12.1 Å². The van der Waals surface area contributed by atoms with E-state index in [1.54, 1.807) is 31.2 Å². The maximum atomic E-state index is 13.7. The lowest BCUT2D eigenvalue weighted by molar-refractivity contribution is -0.138. The van der Waals surface area contributed by atoms with Crippen molar-refractivity contribution in [3.05, 3.63) is 118 Å². The normalized spacial score (nSPS) is 16.5. The Hall–Kier alpha value is -4.19. The third-order valence-corrected chi connectivity index (χ3v) is 6.26. The van der Waals surface area contributed by atoms with Gasteiger partial charge in [0.1, 0.15) is 18.2 Å². The lowest BCUT2D eigenvalue weighted by Crippen LogP contribution is -2.29. The number of dihydropyridines is 1. The molecule has 0 bridgehead atoms. The molecule has 0 aromatic heterocycles. The molecule has 1 aliphatic carbocycles. The quantitative estimate of drug-likeness (QED) is 0.481. The molecule has 6 heteroatoms. The molecule has 176 valence electrons. The zero-order valence-corrected chi connectivity index (χ0v) is 19.4. The molecule has 1 N–H and O–H groups in total. The summed E-state index contributed by atoms with van der Waals surface area (Å²) in [5, 5.41) is 3.29. The molecule has 0 saturated heterocycles. The number of rotatable bonds is 6. The maximum absolute atomic E-state index is 13.7. The predicted molar refractivity (Wildman–Crippen MR) is 130 cm³/mol.